The molecule has 25 heavy (non-hydrogen) atoms. The maximum atomic E-state index is 14.4. The van der Waals surface area contributed by atoms with Crippen LogP contribution in [0.15, 0.2) is 23.2 Å². The lowest BCUT2D eigenvalue weighted by atomic mass is 10.1. The lowest BCUT2D eigenvalue weighted by Crippen LogP contribution is -2.38. The molecule has 8 heteroatoms. The van der Waals surface area contributed by atoms with Gasteiger partial charge in [0.1, 0.15) is 5.82 Å². The van der Waals surface area contributed by atoms with E-state index < -0.39 is 0 Å². The number of nitrogens with zero attached hydrogens (tertiary/aromatic N) is 2. The van der Waals surface area contributed by atoms with E-state index in [2.05, 4.69) is 21.9 Å². The average molecular weight is 482 g/mol. The first-order valence-electron chi connectivity index (χ1n) is 8.36. The number of hydrogen-bond acceptors (Lipinski definition) is 4. The molecule has 0 aromatic heterocycles. The summed E-state index contributed by atoms with van der Waals surface area (Å²) in [6.07, 6.45) is 2.07. The number of rotatable bonds is 7. The van der Waals surface area contributed by atoms with Gasteiger partial charge >= 0.3 is 0 Å². The van der Waals surface area contributed by atoms with Gasteiger partial charge in [0, 0.05) is 31.9 Å². The molecule has 5 nitrogen and oxygen atoms in total. The highest BCUT2D eigenvalue weighted by Gasteiger charge is 2.15. The molecule has 0 aliphatic carbocycles. The van der Waals surface area contributed by atoms with E-state index in [4.69, 9.17) is 4.74 Å². The van der Waals surface area contributed by atoms with E-state index in [1.54, 1.807) is 17.8 Å². The summed E-state index contributed by atoms with van der Waals surface area (Å²) < 4.78 is 19.7. The lowest BCUT2D eigenvalue weighted by molar-refractivity contribution is 0.122. The lowest BCUT2D eigenvalue weighted by Gasteiger charge is -2.29. The predicted molar refractivity (Wildman–Crippen MR) is 116 cm³/mol. The summed E-state index contributed by atoms with van der Waals surface area (Å²) >= 11 is 1.78. The number of nitrogens with one attached hydrogen (secondary N) is 2. The minimum absolute atomic E-state index is 0. The van der Waals surface area contributed by atoms with Crippen molar-refractivity contribution in [3.05, 3.63) is 29.6 Å². The van der Waals surface area contributed by atoms with Crippen LogP contribution >= 0.6 is 35.7 Å². The molecule has 0 radical (unpaired) electrons. The summed E-state index contributed by atoms with van der Waals surface area (Å²) in [5.41, 5.74) is 1.52. The first-order chi connectivity index (χ1) is 11.7. The normalized spacial score (nSPS) is 14.8. The third kappa shape index (κ3) is 7.57. The van der Waals surface area contributed by atoms with Crippen molar-refractivity contribution in [3.8, 4) is 0 Å². The van der Waals surface area contributed by atoms with Gasteiger partial charge in [-0.1, -0.05) is 6.07 Å². The number of aliphatic imine (C=N–C) groups is 1. The van der Waals surface area contributed by atoms with Crippen LogP contribution in [-0.4, -0.2) is 57.4 Å². The molecule has 0 bridgehead atoms. The number of morpholine rings is 1. The molecule has 0 saturated carbocycles. The second-order valence-corrected chi connectivity index (χ2v) is 6.49. The second-order valence-electron chi connectivity index (χ2n) is 5.50. The third-order valence-corrected chi connectivity index (χ3v) is 4.34. The Morgan fingerprint density at radius 2 is 2.08 bits per heavy atom. The number of anilines is 1. The molecular formula is C17H28FIN4OS. The number of thioether (sulfide) groups is 1. The monoisotopic (exact) mass is 482 g/mol. The Morgan fingerprint density at radius 3 is 2.72 bits per heavy atom. The standard InChI is InChI=1S/C17H27FN4OS.HI/c1-3-19-17(20-6-11-24-2)21-13-14-4-5-16(15(18)12-14)22-7-9-23-10-8-22;/h4-5,12H,3,6-11,13H2,1-2H3,(H2,19,20,21);1H. The Hall–Kier alpha value is -0.740. The van der Waals surface area contributed by atoms with Crippen LogP contribution in [0.25, 0.3) is 0 Å². The third-order valence-electron chi connectivity index (χ3n) is 3.73. The number of halogens is 2. The second kappa shape index (κ2) is 12.6. The Balaban J connectivity index is 0.00000312. The van der Waals surface area contributed by atoms with Gasteiger partial charge in [-0.05, 0) is 30.9 Å². The largest absolute Gasteiger partial charge is 0.378 e. The molecule has 142 valence electrons. The highest BCUT2D eigenvalue weighted by Crippen LogP contribution is 2.21. The maximum absolute atomic E-state index is 14.4. The van der Waals surface area contributed by atoms with Gasteiger partial charge < -0.3 is 20.3 Å². The Kier molecular flexibility index (Phi) is 11.2. The van der Waals surface area contributed by atoms with Gasteiger partial charge in [-0.2, -0.15) is 11.8 Å². The number of guanidine groups is 1. The minimum Gasteiger partial charge on any atom is -0.378 e. The van der Waals surface area contributed by atoms with Crippen molar-refractivity contribution < 1.29 is 9.13 Å². The van der Waals surface area contributed by atoms with Gasteiger partial charge in [0.2, 0.25) is 0 Å². The van der Waals surface area contributed by atoms with Gasteiger partial charge in [-0.15, -0.1) is 24.0 Å². The van der Waals surface area contributed by atoms with Crippen LogP contribution in [0.4, 0.5) is 10.1 Å². The molecule has 0 atom stereocenters. The summed E-state index contributed by atoms with van der Waals surface area (Å²) in [5.74, 6) is 1.60. The highest BCUT2D eigenvalue weighted by molar-refractivity contribution is 14.0. The van der Waals surface area contributed by atoms with Gasteiger partial charge in [-0.3, -0.25) is 0 Å². The fourth-order valence-electron chi connectivity index (χ4n) is 2.49. The van der Waals surface area contributed by atoms with Gasteiger partial charge in [0.25, 0.3) is 0 Å². The quantitative estimate of drug-likeness (QED) is 0.271. The molecule has 1 saturated heterocycles. The van der Waals surface area contributed by atoms with Crippen LogP contribution in [0.3, 0.4) is 0 Å². The zero-order valence-corrected chi connectivity index (χ0v) is 18.0. The fourth-order valence-corrected chi connectivity index (χ4v) is 2.80. The van der Waals surface area contributed by atoms with Crippen molar-refractivity contribution in [1.82, 2.24) is 10.6 Å². The summed E-state index contributed by atoms with van der Waals surface area (Å²) in [6.45, 7) is 6.92. The number of hydrogen-bond donors (Lipinski definition) is 2. The number of benzene rings is 1. The van der Waals surface area contributed by atoms with E-state index in [9.17, 15) is 4.39 Å². The predicted octanol–water partition coefficient (Wildman–Crippen LogP) is 2.70. The summed E-state index contributed by atoms with van der Waals surface area (Å²) in [5, 5.41) is 6.47. The van der Waals surface area contributed by atoms with Crippen molar-refractivity contribution in [2.75, 3.05) is 56.3 Å². The molecule has 1 aliphatic heterocycles. The van der Waals surface area contributed by atoms with Crippen molar-refractivity contribution >= 4 is 47.4 Å². The van der Waals surface area contributed by atoms with E-state index >= 15 is 0 Å². The van der Waals surface area contributed by atoms with Crippen LogP contribution in [0.5, 0.6) is 0 Å². The van der Waals surface area contributed by atoms with Gasteiger partial charge in [0.05, 0.1) is 25.4 Å². The average Bonchev–Trinajstić information content (AvgIpc) is 2.60. The van der Waals surface area contributed by atoms with Crippen LogP contribution < -0.4 is 15.5 Å². The van der Waals surface area contributed by atoms with Crippen molar-refractivity contribution in [2.24, 2.45) is 4.99 Å². The van der Waals surface area contributed by atoms with Gasteiger partial charge in [-0.25, -0.2) is 9.38 Å². The van der Waals surface area contributed by atoms with E-state index in [0.717, 1.165) is 43.5 Å². The molecule has 1 aliphatic rings. The zero-order chi connectivity index (χ0) is 17.2. The molecule has 1 fully saturated rings. The van der Waals surface area contributed by atoms with E-state index in [-0.39, 0.29) is 29.8 Å². The summed E-state index contributed by atoms with van der Waals surface area (Å²) in [6, 6.07) is 5.38. The first-order valence-corrected chi connectivity index (χ1v) is 9.76. The zero-order valence-electron chi connectivity index (χ0n) is 14.9. The van der Waals surface area contributed by atoms with Crippen LogP contribution in [-0.2, 0) is 11.3 Å². The Bertz CT molecular complexity index is 541. The minimum atomic E-state index is -0.190. The van der Waals surface area contributed by atoms with E-state index in [0.29, 0.717) is 25.4 Å². The van der Waals surface area contributed by atoms with E-state index in [1.165, 1.54) is 0 Å². The molecular weight excluding hydrogens is 454 g/mol. The smallest absolute Gasteiger partial charge is 0.191 e. The molecule has 0 unspecified atom stereocenters. The topological polar surface area (TPSA) is 48.9 Å². The summed E-state index contributed by atoms with van der Waals surface area (Å²) in [7, 11) is 0. The first kappa shape index (κ1) is 22.3. The van der Waals surface area contributed by atoms with E-state index in [1.807, 2.05) is 24.0 Å². The molecule has 2 rings (SSSR count). The Morgan fingerprint density at radius 1 is 1.32 bits per heavy atom. The molecule has 1 aromatic carbocycles. The highest BCUT2D eigenvalue weighted by atomic mass is 127. The van der Waals surface area contributed by atoms with Crippen LogP contribution in [0.1, 0.15) is 12.5 Å². The summed E-state index contributed by atoms with van der Waals surface area (Å²) in [4.78, 5) is 6.55. The van der Waals surface area contributed by atoms with Crippen molar-refractivity contribution in [3.63, 3.8) is 0 Å². The molecule has 0 spiro atoms. The number of ether oxygens (including phenoxy) is 1. The molecule has 0 amide bonds. The fraction of sp³-hybridized carbons (Fsp3) is 0.588. The Labute approximate surface area is 171 Å². The SMILES string of the molecule is CCNC(=NCc1ccc(N2CCOCC2)c(F)c1)NCCSC.I. The van der Waals surface area contributed by atoms with Crippen molar-refractivity contribution in [1.29, 1.82) is 0 Å². The van der Waals surface area contributed by atoms with Gasteiger partial charge in [0.15, 0.2) is 5.96 Å². The van der Waals surface area contributed by atoms with Crippen LogP contribution in [0, 0.1) is 5.82 Å². The molecule has 2 N–H and O–H groups in total. The van der Waals surface area contributed by atoms with Crippen LogP contribution in [0.2, 0.25) is 0 Å². The maximum Gasteiger partial charge on any atom is 0.191 e. The van der Waals surface area contributed by atoms with Crippen molar-refractivity contribution in [2.45, 2.75) is 13.5 Å². The molecule has 1 heterocycles. The molecule has 1 aromatic rings.